The van der Waals surface area contributed by atoms with Crippen LogP contribution >= 0.6 is 0 Å². The van der Waals surface area contributed by atoms with Crippen molar-refractivity contribution in [3.63, 3.8) is 0 Å². The Hall–Kier alpha value is -0.120. The van der Waals surface area contributed by atoms with Crippen LogP contribution in [0.2, 0.25) is 0 Å². The van der Waals surface area contributed by atoms with E-state index in [-0.39, 0.29) is 6.23 Å². The number of likely N-dealkylation sites (N-methyl/N-ethyl adjacent to an activating group) is 2. The van der Waals surface area contributed by atoms with E-state index in [4.69, 9.17) is 4.74 Å². The minimum atomic E-state index is 0.153. The first-order valence-corrected chi connectivity index (χ1v) is 3.05. The Balaban J connectivity index is 3.31. The third kappa shape index (κ3) is 4.39. The lowest BCUT2D eigenvalue weighted by Gasteiger charge is -2.18. The molecule has 0 bridgehead atoms. The third-order valence-corrected chi connectivity index (χ3v) is 1.14. The molecule has 0 aromatic rings. The van der Waals surface area contributed by atoms with Gasteiger partial charge in [-0.1, -0.05) is 0 Å². The highest BCUT2D eigenvalue weighted by atomic mass is 16.5. The predicted molar refractivity (Wildman–Crippen MR) is 38.4 cm³/mol. The molecule has 0 radical (unpaired) electrons. The first kappa shape index (κ1) is 8.88. The van der Waals surface area contributed by atoms with E-state index < -0.39 is 0 Å². The molecule has 1 unspecified atom stereocenters. The van der Waals surface area contributed by atoms with E-state index in [1.54, 1.807) is 7.11 Å². The van der Waals surface area contributed by atoms with Gasteiger partial charge in [-0.3, -0.25) is 5.32 Å². The van der Waals surface area contributed by atoms with E-state index in [1.165, 1.54) is 0 Å². The average molecular weight is 132 g/mol. The van der Waals surface area contributed by atoms with Gasteiger partial charge in [0.2, 0.25) is 0 Å². The van der Waals surface area contributed by atoms with Crippen molar-refractivity contribution in [2.45, 2.75) is 6.23 Å². The van der Waals surface area contributed by atoms with Crippen molar-refractivity contribution < 1.29 is 4.74 Å². The van der Waals surface area contributed by atoms with Gasteiger partial charge in [-0.2, -0.15) is 0 Å². The van der Waals surface area contributed by atoms with E-state index >= 15 is 0 Å². The number of hydrogen-bond acceptors (Lipinski definition) is 3. The van der Waals surface area contributed by atoms with Crippen LogP contribution in [0.3, 0.4) is 0 Å². The Morgan fingerprint density at radius 2 is 2.11 bits per heavy atom. The minimum Gasteiger partial charge on any atom is -0.365 e. The van der Waals surface area contributed by atoms with E-state index in [9.17, 15) is 0 Å². The molecule has 56 valence electrons. The van der Waals surface area contributed by atoms with Crippen molar-refractivity contribution in [3.8, 4) is 0 Å². The number of nitrogens with one attached hydrogen (secondary N) is 1. The predicted octanol–water partition coefficient (Wildman–Crippen LogP) is -0.260. The van der Waals surface area contributed by atoms with Crippen LogP contribution in [0.1, 0.15) is 0 Å². The largest absolute Gasteiger partial charge is 0.365 e. The molecular formula is C6H16N2O. The maximum absolute atomic E-state index is 5.06. The highest BCUT2D eigenvalue weighted by molar-refractivity contribution is 4.53. The van der Waals surface area contributed by atoms with Crippen molar-refractivity contribution in [3.05, 3.63) is 0 Å². The SMILES string of the molecule is CNC(CN(C)C)OC. The lowest BCUT2D eigenvalue weighted by Crippen LogP contribution is -2.37. The molecule has 0 amide bonds. The summed E-state index contributed by atoms with van der Waals surface area (Å²) in [5.41, 5.74) is 0. The molecule has 3 heteroatoms. The summed E-state index contributed by atoms with van der Waals surface area (Å²) in [5, 5.41) is 3.02. The Labute approximate surface area is 57.0 Å². The van der Waals surface area contributed by atoms with Crippen molar-refractivity contribution in [2.75, 3.05) is 34.8 Å². The van der Waals surface area contributed by atoms with Crippen LogP contribution < -0.4 is 5.32 Å². The fourth-order valence-electron chi connectivity index (χ4n) is 0.615. The molecule has 0 aliphatic rings. The van der Waals surface area contributed by atoms with Gasteiger partial charge in [0, 0.05) is 13.7 Å². The highest BCUT2D eigenvalue weighted by Gasteiger charge is 2.02. The number of ether oxygens (including phenoxy) is 1. The summed E-state index contributed by atoms with van der Waals surface area (Å²) in [5.74, 6) is 0. The summed E-state index contributed by atoms with van der Waals surface area (Å²) in [6, 6.07) is 0. The smallest absolute Gasteiger partial charge is 0.120 e. The number of methoxy groups -OCH3 is 1. The van der Waals surface area contributed by atoms with Gasteiger partial charge in [0.15, 0.2) is 0 Å². The topological polar surface area (TPSA) is 24.5 Å². The van der Waals surface area contributed by atoms with Crippen molar-refractivity contribution in [1.29, 1.82) is 0 Å². The van der Waals surface area contributed by atoms with Gasteiger partial charge in [-0.05, 0) is 21.1 Å². The van der Waals surface area contributed by atoms with Crippen LogP contribution in [0.4, 0.5) is 0 Å². The molecular weight excluding hydrogens is 116 g/mol. The molecule has 0 aliphatic heterocycles. The van der Waals surface area contributed by atoms with Gasteiger partial charge >= 0.3 is 0 Å². The molecule has 0 saturated heterocycles. The molecule has 3 nitrogen and oxygen atoms in total. The number of hydrogen-bond donors (Lipinski definition) is 1. The summed E-state index contributed by atoms with van der Waals surface area (Å²) < 4.78 is 5.06. The normalized spacial score (nSPS) is 14.3. The zero-order valence-electron chi connectivity index (χ0n) is 6.64. The van der Waals surface area contributed by atoms with Gasteiger partial charge < -0.3 is 9.64 Å². The van der Waals surface area contributed by atoms with E-state index in [0.717, 1.165) is 6.54 Å². The molecule has 0 rings (SSSR count). The molecule has 9 heavy (non-hydrogen) atoms. The minimum absolute atomic E-state index is 0.153. The molecule has 0 spiro atoms. The second-order valence-corrected chi connectivity index (χ2v) is 2.28. The molecule has 1 atom stereocenters. The van der Waals surface area contributed by atoms with Crippen molar-refractivity contribution >= 4 is 0 Å². The zero-order chi connectivity index (χ0) is 7.28. The first-order valence-electron chi connectivity index (χ1n) is 3.05. The molecule has 0 fully saturated rings. The maximum atomic E-state index is 5.06. The number of rotatable bonds is 4. The fraction of sp³-hybridized carbons (Fsp3) is 1.00. The second-order valence-electron chi connectivity index (χ2n) is 2.28. The van der Waals surface area contributed by atoms with Gasteiger partial charge in [-0.25, -0.2) is 0 Å². The number of nitrogens with zero attached hydrogens (tertiary/aromatic N) is 1. The molecule has 0 saturated carbocycles. The van der Waals surface area contributed by atoms with Crippen molar-refractivity contribution in [2.24, 2.45) is 0 Å². The van der Waals surface area contributed by atoms with Crippen LogP contribution in [0, 0.1) is 0 Å². The molecule has 0 aliphatic carbocycles. The van der Waals surface area contributed by atoms with E-state index in [0.29, 0.717) is 0 Å². The monoisotopic (exact) mass is 132 g/mol. The summed E-state index contributed by atoms with van der Waals surface area (Å²) in [6.07, 6.45) is 0.153. The summed E-state index contributed by atoms with van der Waals surface area (Å²) >= 11 is 0. The van der Waals surface area contributed by atoms with Crippen LogP contribution in [-0.4, -0.2) is 45.9 Å². The lowest BCUT2D eigenvalue weighted by molar-refractivity contribution is 0.0584. The lowest BCUT2D eigenvalue weighted by atomic mass is 10.5. The molecule has 0 heterocycles. The Morgan fingerprint density at radius 1 is 1.56 bits per heavy atom. The van der Waals surface area contributed by atoms with Crippen LogP contribution in [0.25, 0.3) is 0 Å². The Morgan fingerprint density at radius 3 is 2.22 bits per heavy atom. The van der Waals surface area contributed by atoms with Crippen LogP contribution in [-0.2, 0) is 4.74 Å². The van der Waals surface area contributed by atoms with E-state index in [2.05, 4.69) is 10.2 Å². The molecule has 1 N–H and O–H groups in total. The highest BCUT2D eigenvalue weighted by Crippen LogP contribution is 1.84. The maximum Gasteiger partial charge on any atom is 0.120 e. The standard InChI is InChI=1S/C6H16N2O/c1-7-6(9-4)5-8(2)3/h6-7H,5H2,1-4H3. The van der Waals surface area contributed by atoms with Crippen LogP contribution in [0.5, 0.6) is 0 Å². The van der Waals surface area contributed by atoms with E-state index in [1.807, 2.05) is 21.1 Å². The third-order valence-electron chi connectivity index (χ3n) is 1.14. The second kappa shape index (κ2) is 4.73. The molecule has 0 aromatic heterocycles. The summed E-state index contributed by atoms with van der Waals surface area (Å²) in [4.78, 5) is 2.07. The summed E-state index contributed by atoms with van der Waals surface area (Å²) in [7, 11) is 7.62. The molecule has 0 aromatic carbocycles. The zero-order valence-corrected chi connectivity index (χ0v) is 6.64. The van der Waals surface area contributed by atoms with Crippen molar-refractivity contribution in [1.82, 2.24) is 10.2 Å². The van der Waals surface area contributed by atoms with Gasteiger partial charge in [-0.15, -0.1) is 0 Å². The Kier molecular flexibility index (Phi) is 4.67. The Bertz CT molecular complexity index is 62.1. The van der Waals surface area contributed by atoms with Gasteiger partial charge in [0.25, 0.3) is 0 Å². The van der Waals surface area contributed by atoms with Gasteiger partial charge in [0.05, 0.1) is 0 Å². The summed E-state index contributed by atoms with van der Waals surface area (Å²) in [6.45, 7) is 0.910. The first-order chi connectivity index (χ1) is 4.20. The van der Waals surface area contributed by atoms with Gasteiger partial charge in [0.1, 0.15) is 6.23 Å². The fourth-order valence-corrected chi connectivity index (χ4v) is 0.615. The quantitative estimate of drug-likeness (QED) is 0.533. The van der Waals surface area contributed by atoms with Crippen LogP contribution in [0.15, 0.2) is 0 Å². The average Bonchev–Trinajstić information content (AvgIpc) is 1.82.